The molecule has 1 heterocycles. The molecule has 0 N–H and O–H groups in total. The lowest BCUT2D eigenvalue weighted by Crippen LogP contribution is -2.44. The highest BCUT2D eigenvalue weighted by atomic mass is 35.5. The Morgan fingerprint density at radius 2 is 2.04 bits per heavy atom. The van der Waals surface area contributed by atoms with E-state index in [9.17, 15) is 18.0 Å². The standard InChI is InChI=1S/C18H17ClF3N3O/c1-10-23-8-11-6-12(2-5-16(11)24-10)25(17(26)7-19)9-13-14(20)3-4-15(21)18(13)22/h3-4,8,12H,2,5-7,9H2,1H3. The van der Waals surface area contributed by atoms with Crippen LogP contribution in [0.15, 0.2) is 18.3 Å². The zero-order valence-corrected chi connectivity index (χ0v) is 14.9. The number of carbonyl (C=O) groups excluding carboxylic acids is 1. The molecule has 138 valence electrons. The summed E-state index contributed by atoms with van der Waals surface area (Å²) in [6, 6.07) is 1.25. The molecule has 0 bridgehead atoms. The van der Waals surface area contributed by atoms with Crippen LogP contribution in [-0.4, -0.2) is 32.7 Å². The highest BCUT2D eigenvalue weighted by Crippen LogP contribution is 2.26. The van der Waals surface area contributed by atoms with Gasteiger partial charge in [-0.25, -0.2) is 23.1 Å². The third kappa shape index (κ3) is 3.67. The fourth-order valence-corrected chi connectivity index (χ4v) is 3.39. The summed E-state index contributed by atoms with van der Waals surface area (Å²) >= 11 is 5.69. The van der Waals surface area contributed by atoms with Crippen molar-refractivity contribution >= 4 is 17.5 Å². The van der Waals surface area contributed by atoms with Crippen molar-refractivity contribution in [3.05, 3.63) is 58.4 Å². The number of benzene rings is 1. The second-order valence-electron chi connectivity index (χ2n) is 6.26. The van der Waals surface area contributed by atoms with E-state index in [0.717, 1.165) is 23.4 Å². The Balaban J connectivity index is 1.89. The molecule has 1 aromatic carbocycles. The van der Waals surface area contributed by atoms with Crippen LogP contribution in [0.25, 0.3) is 0 Å². The highest BCUT2D eigenvalue weighted by Gasteiger charge is 2.30. The maximum absolute atomic E-state index is 14.0. The Kier molecular flexibility index (Phi) is 5.46. The first kappa shape index (κ1) is 18.6. The molecule has 1 aliphatic rings. The molecule has 4 nitrogen and oxygen atoms in total. The van der Waals surface area contributed by atoms with Crippen molar-refractivity contribution in [2.45, 2.75) is 38.8 Å². The van der Waals surface area contributed by atoms with Gasteiger partial charge >= 0.3 is 0 Å². The molecule has 0 radical (unpaired) electrons. The normalized spacial score (nSPS) is 16.3. The van der Waals surface area contributed by atoms with E-state index in [4.69, 9.17) is 11.6 Å². The average Bonchev–Trinajstić information content (AvgIpc) is 2.64. The van der Waals surface area contributed by atoms with Crippen LogP contribution in [-0.2, 0) is 24.2 Å². The fourth-order valence-electron chi connectivity index (χ4n) is 3.24. The summed E-state index contributed by atoms with van der Waals surface area (Å²) in [5, 5.41) is 0. The minimum absolute atomic E-state index is 0.317. The van der Waals surface area contributed by atoms with Crippen LogP contribution in [0.5, 0.6) is 0 Å². The first-order valence-electron chi connectivity index (χ1n) is 8.20. The number of hydrogen-bond donors (Lipinski definition) is 0. The van der Waals surface area contributed by atoms with Crippen LogP contribution in [0.3, 0.4) is 0 Å². The lowest BCUT2D eigenvalue weighted by molar-refractivity contribution is -0.131. The van der Waals surface area contributed by atoms with Crippen molar-refractivity contribution in [3.8, 4) is 0 Å². The number of carbonyl (C=O) groups is 1. The first-order chi connectivity index (χ1) is 12.4. The number of aryl methyl sites for hydroxylation is 2. The number of hydrogen-bond acceptors (Lipinski definition) is 3. The van der Waals surface area contributed by atoms with E-state index in [2.05, 4.69) is 9.97 Å². The molecule has 0 saturated heterocycles. The quantitative estimate of drug-likeness (QED) is 0.601. The monoisotopic (exact) mass is 383 g/mol. The van der Waals surface area contributed by atoms with Gasteiger partial charge in [-0.1, -0.05) is 0 Å². The lowest BCUT2D eigenvalue weighted by Gasteiger charge is -2.34. The number of amides is 1. The van der Waals surface area contributed by atoms with Gasteiger partial charge in [0.1, 0.15) is 17.5 Å². The van der Waals surface area contributed by atoms with Gasteiger partial charge in [0.05, 0.1) is 6.54 Å². The lowest BCUT2D eigenvalue weighted by atomic mass is 9.91. The maximum Gasteiger partial charge on any atom is 0.238 e. The predicted molar refractivity (Wildman–Crippen MR) is 90.2 cm³/mol. The van der Waals surface area contributed by atoms with Crippen LogP contribution in [0.1, 0.15) is 29.1 Å². The molecule has 1 aromatic heterocycles. The Bertz CT molecular complexity index is 847. The van der Waals surface area contributed by atoms with Gasteiger partial charge < -0.3 is 4.90 Å². The average molecular weight is 384 g/mol. The summed E-state index contributed by atoms with van der Waals surface area (Å²) in [4.78, 5) is 22.2. The Hall–Kier alpha value is -2.15. The SMILES string of the molecule is Cc1ncc2c(n1)CCC(N(Cc1c(F)ccc(F)c1F)C(=O)CCl)C2. The van der Waals surface area contributed by atoms with Gasteiger partial charge in [-0.2, -0.15) is 0 Å². The molecule has 0 aliphatic heterocycles. The van der Waals surface area contributed by atoms with E-state index in [1.165, 1.54) is 4.90 Å². The third-order valence-corrected chi connectivity index (χ3v) is 4.82. The van der Waals surface area contributed by atoms with Crippen LogP contribution in [0.2, 0.25) is 0 Å². The molecule has 1 amide bonds. The fraction of sp³-hybridized carbons (Fsp3) is 0.389. The molecule has 8 heteroatoms. The van der Waals surface area contributed by atoms with Crippen molar-refractivity contribution in [2.24, 2.45) is 0 Å². The minimum Gasteiger partial charge on any atom is -0.334 e. The van der Waals surface area contributed by atoms with Gasteiger partial charge in [0, 0.05) is 23.5 Å². The number of fused-ring (bicyclic) bond motifs is 1. The highest BCUT2D eigenvalue weighted by molar-refractivity contribution is 6.27. The van der Waals surface area contributed by atoms with E-state index in [-0.39, 0.29) is 18.5 Å². The number of alkyl halides is 1. The summed E-state index contributed by atoms with van der Waals surface area (Å²) in [5.74, 6) is -3.46. The number of halogens is 4. The second-order valence-corrected chi connectivity index (χ2v) is 6.53. The summed E-state index contributed by atoms with van der Waals surface area (Å²) in [5.41, 5.74) is 1.32. The van der Waals surface area contributed by atoms with Gasteiger partial charge in [0.25, 0.3) is 0 Å². The van der Waals surface area contributed by atoms with Crippen molar-refractivity contribution in [2.75, 3.05) is 5.88 Å². The first-order valence-corrected chi connectivity index (χ1v) is 8.73. The topological polar surface area (TPSA) is 46.1 Å². The summed E-state index contributed by atoms with van der Waals surface area (Å²) in [6.07, 6.45) is 3.35. The van der Waals surface area contributed by atoms with E-state index < -0.39 is 28.9 Å². The van der Waals surface area contributed by atoms with Gasteiger partial charge in [-0.15, -0.1) is 11.6 Å². The van der Waals surface area contributed by atoms with Crippen molar-refractivity contribution in [1.82, 2.24) is 14.9 Å². The zero-order chi connectivity index (χ0) is 18.8. The summed E-state index contributed by atoms with van der Waals surface area (Å²) in [7, 11) is 0. The molecular formula is C18H17ClF3N3O. The number of aromatic nitrogens is 2. The molecule has 1 atom stereocenters. The van der Waals surface area contributed by atoms with Crippen LogP contribution in [0.4, 0.5) is 13.2 Å². The van der Waals surface area contributed by atoms with E-state index in [1.807, 2.05) is 0 Å². The predicted octanol–water partition coefficient (Wildman–Crippen LogP) is 3.33. The Morgan fingerprint density at radius 3 is 2.77 bits per heavy atom. The van der Waals surface area contributed by atoms with Crippen LogP contribution < -0.4 is 0 Å². The van der Waals surface area contributed by atoms with Gasteiger partial charge in [0.2, 0.25) is 5.91 Å². The third-order valence-electron chi connectivity index (χ3n) is 4.59. The molecular weight excluding hydrogens is 367 g/mol. The Morgan fingerprint density at radius 1 is 1.31 bits per heavy atom. The minimum atomic E-state index is -1.28. The molecule has 1 unspecified atom stereocenters. The molecule has 0 fully saturated rings. The molecule has 1 aliphatic carbocycles. The van der Waals surface area contributed by atoms with Crippen LogP contribution >= 0.6 is 11.6 Å². The molecule has 3 rings (SSSR count). The molecule has 0 saturated carbocycles. The number of nitrogens with zero attached hydrogens (tertiary/aromatic N) is 3. The van der Waals surface area contributed by atoms with Crippen molar-refractivity contribution in [1.29, 1.82) is 0 Å². The van der Waals surface area contributed by atoms with Gasteiger partial charge in [0.15, 0.2) is 11.6 Å². The molecule has 2 aromatic rings. The molecule has 0 spiro atoms. The summed E-state index contributed by atoms with van der Waals surface area (Å²) in [6.45, 7) is 1.42. The van der Waals surface area contributed by atoms with Crippen molar-refractivity contribution < 1.29 is 18.0 Å². The van der Waals surface area contributed by atoms with Crippen molar-refractivity contribution in [3.63, 3.8) is 0 Å². The van der Waals surface area contributed by atoms with E-state index in [0.29, 0.717) is 25.1 Å². The summed E-state index contributed by atoms with van der Waals surface area (Å²) < 4.78 is 41.5. The smallest absolute Gasteiger partial charge is 0.238 e. The van der Waals surface area contributed by atoms with Crippen LogP contribution in [0, 0.1) is 24.4 Å². The largest absolute Gasteiger partial charge is 0.334 e. The van der Waals surface area contributed by atoms with Gasteiger partial charge in [-0.3, -0.25) is 4.79 Å². The van der Waals surface area contributed by atoms with Gasteiger partial charge in [-0.05, 0) is 43.9 Å². The molecule has 26 heavy (non-hydrogen) atoms. The second kappa shape index (κ2) is 7.61. The number of rotatable bonds is 4. The zero-order valence-electron chi connectivity index (χ0n) is 14.1. The van der Waals surface area contributed by atoms with E-state index >= 15 is 0 Å². The van der Waals surface area contributed by atoms with E-state index in [1.54, 1.807) is 13.1 Å². The maximum atomic E-state index is 14.0. The Labute approximate surface area is 154 Å².